The van der Waals surface area contributed by atoms with E-state index < -0.39 is 11.9 Å². The minimum atomic E-state index is -0.782. The van der Waals surface area contributed by atoms with E-state index in [2.05, 4.69) is 15.0 Å². The lowest BCUT2D eigenvalue weighted by Gasteiger charge is -2.00. The summed E-state index contributed by atoms with van der Waals surface area (Å²) in [6.07, 6.45) is 4.87. The standard InChI is InChI=1S/C10H9N3O2S/c14-10(15)5-1-2-6-7(5)13-9(16-6)8-11-3-4-12-8/h3-5H,1-2H2,(H,11,12)(H,14,15). The summed E-state index contributed by atoms with van der Waals surface area (Å²) in [6, 6.07) is 0. The van der Waals surface area contributed by atoms with E-state index in [4.69, 9.17) is 5.11 Å². The second-order valence-electron chi connectivity index (χ2n) is 3.69. The van der Waals surface area contributed by atoms with Gasteiger partial charge >= 0.3 is 5.97 Å². The number of fused-ring (bicyclic) bond motifs is 1. The Labute approximate surface area is 95.2 Å². The number of rotatable bonds is 2. The first-order valence-corrected chi connectivity index (χ1v) is 5.79. The maximum atomic E-state index is 11.0. The zero-order valence-corrected chi connectivity index (χ0v) is 9.12. The van der Waals surface area contributed by atoms with Crippen LogP contribution in [0.15, 0.2) is 12.4 Å². The molecule has 82 valence electrons. The second kappa shape index (κ2) is 3.41. The van der Waals surface area contributed by atoms with E-state index in [-0.39, 0.29) is 0 Å². The molecule has 2 N–H and O–H groups in total. The molecule has 2 aromatic rings. The van der Waals surface area contributed by atoms with Gasteiger partial charge in [-0.15, -0.1) is 11.3 Å². The molecular formula is C10H9N3O2S. The SMILES string of the molecule is O=C(O)C1CCc2sc(-c3ncc[nH]3)nc21. The maximum Gasteiger partial charge on any atom is 0.312 e. The van der Waals surface area contributed by atoms with Gasteiger partial charge in [0.2, 0.25) is 0 Å². The average Bonchev–Trinajstić information content (AvgIpc) is 2.92. The van der Waals surface area contributed by atoms with Crippen molar-refractivity contribution in [3.8, 4) is 10.8 Å². The van der Waals surface area contributed by atoms with Crippen molar-refractivity contribution < 1.29 is 9.90 Å². The number of carboxylic acid groups (broad SMARTS) is 1. The normalized spacial score (nSPS) is 18.6. The number of aromatic amines is 1. The fourth-order valence-corrected chi connectivity index (χ4v) is 3.05. The quantitative estimate of drug-likeness (QED) is 0.829. The lowest BCUT2D eigenvalue weighted by molar-refractivity contribution is -0.138. The molecule has 5 nitrogen and oxygen atoms in total. The Morgan fingerprint density at radius 1 is 1.62 bits per heavy atom. The number of carbonyl (C=O) groups is 1. The molecule has 0 amide bonds. The summed E-state index contributed by atoms with van der Waals surface area (Å²) in [4.78, 5) is 23.6. The number of aliphatic carboxylic acids is 1. The first-order valence-electron chi connectivity index (χ1n) is 4.98. The highest BCUT2D eigenvalue weighted by Gasteiger charge is 2.32. The molecule has 0 fully saturated rings. The van der Waals surface area contributed by atoms with Crippen molar-refractivity contribution >= 4 is 17.3 Å². The Morgan fingerprint density at radius 2 is 2.50 bits per heavy atom. The van der Waals surface area contributed by atoms with Crippen LogP contribution in [0, 0.1) is 0 Å². The van der Waals surface area contributed by atoms with Crippen molar-refractivity contribution in [2.24, 2.45) is 0 Å². The topological polar surface area (TPSA) is 78.9 Å². The lowest BCUT2D eigenvalue weighted by atomic mass is 10.1. The molecule has 0 spiro atoms. The molecule has 0 radical (unpaired) electrons. The molecule has 0 bridgehead atoms. The van der Waals surface area contributed by atoms with Crippen LogP contribution >= 0.6 is 11.3 Å². The van der Waals surface area contributed by atoms with E-state index in [0.717, 1.165) is 22.0 Å². The summed E-state index contributed by atoms with van der Waals surface area (Å²) < 4.78 is 0. The summed E-state index contributed by atoms with van der Waals surface area (Å²) >= 11 is 1.53. The number of hydrogen-bond acceptors (Lipinski definition) is 4. The van der Waals surface area contributed by atoms with Crippen LogP contribution < -0.4 is 0 Å². The van der Waals surface area contributed by atoms with E-state index in [0.29, 0.717) is 12.2 Å². The van der Waals surface area contributed by atoms with Gasteiger partial charge in [0.1, 0.15) is 5.92 Å². The van der Waals surface area contributed by atoms with Crippen molar-refractivity contribution in [1.29, 1.82) is 0 Å². The first kappa shape index (κ1) is 9.53. The van der Waals surface area contributed by atoms with Crippen molar-refractivity contribution in [2.75, 3.05) is 0 Å². The molecular weight excluding hydrogens is 226 g/mol. The van der Waals surface area contributed by atoms with Crippen LogP contribution in [0.1, 0.15) is 22.9 Å². The molecule has 0 aliphatic heterocycles. The van der Waals surface area contributed by atoms with Crippen LogP contribution in [0.4, 0.5) is 0 Å². The maximum absolute atomic E-state index is 11.0. The van der Waals surface area contributed by atoms with E-state index in [1.165, 1.54) is 11.3 Å². The Hall–Kier alpha value is -1.69. The molecule has 0 saturated carbocycles. The largest absolute Gasteiger partial charge is 0.481 e. The molecule has 0 saturated heterocycles. The van der Waals surface area contributed by atoms with E-state index in [1.54, 1.807) is 12.4 Å². The summed E-state index contributed by atoms with van der Waals surface area (Å²) in [7, 11) is 0. The third kappa shape index (κ3) is 1.34. The Morgan fingerprint density at radius 3 is 3.19 bits per heavy atom. The van der Waals surface area contributed by atoms with Gasteiger partial charge in [-0.25, -0.2) is 9.97 Å². The number of aryl methyl sites for hydroxylation is 1. The third-order valence-corrected chi connectivity index (χ3v) is 3.85. The fourth-order valence-electron chi connectivity index (χ4n) is 1.95. The number of hydrogen-bond donors (Lipinski definition) is 2. The molecule has 1 aliphatic carbocycles. The lowest BCUT2D eigenvalue weighted by Crippen LogP contribution is -2.08. The molecule has 2 heterocycles. The van der Waals surface area contributed by atoms with E-state index >= 15 is 0 Å². The molecule has 1 aliphatic rings. The van der Waals surface area contributed by atoms with Crippen LogP contribution in [0.5, 0.6) is 0 Å². The third-order valence-electron chi connectivity index (χ3n) is 2.72. The summed E-state index contributed by atoms with van der Waals surface area (Å²) in [5.41, 5.74) is 0.726. The van der Waals surface area contributed by atoms with Gasteiger partial charge in [-0.2, -0.15) is 0 Å². The Balaban J connectivity index is 2.02. The van der Waals surface area contributed by atoms with Gasteiger partial charge in [0.25, 0.3) is 0 Å². The minimum Gasteiger partial charge on any atom is -0.481 e. The average molecular weight is 235 g/mol. The monoisotopic (exact) mass is 235 g/mol. The van der Waals surface area contributed by atoms with Crippen LogP contribution in [-0.4, -0.2) is 26.0 Å². The first-order chi connectivity index (χ1) is 7.75. The van der Waals surface area contributed by atoms with Crippen LogP contribution in [-0.2, 0) is 11.2 Å². The zero-order chi connectivity index (χ0) is 11.1. The van der Waals surface area contributed by atoms with E-state index in [9.17, 15) is 4.79 Å². The summed E-state index contributed by atoms with van der Waals surface area (Å²) in [5.74, 6) is -0.506. The van der Waals surface area contributed by atoms with Crippen molar-refractivity contribution in [1.82, 2.24) is 15.0 Å². The smallest absolute Gasteiger partial charge is 0.312 e. The van der Waals surface area contributed by atoms with Crippen molar-refractivity contribution in [3.05, 3.63) is 23.0 Å². The highest BCUT2D eigenvalue weighted by Crippen LogP contribution is 2.38. The van der Waals surface area contributed by atoms with Gasteiger partial charge in [0, 0.05) is 17.3 Å². The summed E-state index contributed by atoms with van der Waals surface area (Å²) in [5, 5.41) is 9.82. The van der Waals surface area contributed by atoms with Crippen LogP contribution in [0.3, 0.4) is 0 Å². The molecule has 3 rings (SSSR count). The number of imidazole rings is 1. The predicted molar refractivity (Wildman–Crippen MR) is 58.4 cm³/mol. The van der Waals surface area contributed by atoms with E-state index in [1.807, 2.05) is 0 Å². The molecule has 2 aromatic heterocycles. The van der Waals surface area contributed by atoms with Crippen LogP contribution in [0.2, 0.25) is 0 Å². The summed E-state index contributed by atoms with van der Waals surface area (Å²) in [6.45, 7) is 0. The number of H-pyrrole nitrogens is 1. The molecule has 16 heavy (non-hydrogen) atoms. The van der Waals surface area contributed by atoms with Gasteiger partial charge < -0.3 is 10.1 Å². The van der Waals surface area contributed by atoms with Gasteiger partial charge in [0.05, 0.1) is 5.69 Å². The molecule has 0 aromatic carbocycles. The van der Waals surface area contributed by atoms with Crippen LogP contribution in [0.25, 0.3) is 10.8 Å². The van der Waals surface area contributed by atoms with Gasteiger partial charge in [-0.1, -0.05) is 0 Å². The zero-order valence-electron chi connectivity index (χ0n) is 8.30. The number of nitrogens with zero attached hydrogens (tertiary/aromatic N) is 2. The number of carboxylic acids is 1. The Bertz CT molecular complexity index is 532. The fraction of sp³-hybridized carbons (Fsp3) is 0.300. The minimum absolute atomic E-state index is 0.435. The van der Waals surface area contributed by atoms with Crippen molar-refractivity contribution in [3.63, 3.8) is 0 Å². The molecule has 6 heteroatoms. The predicted octanol–water partition coefficient (Wildman–Crippen LogP) is 1.65. The Kier molecular flexibility index (Phi) is 2.03. The highest BCUT2D eigenvalue weighted by atomic mass is 32.1. The number of aromatic nitrogens is 3. The highest BCUT2D eigenvalue weighted by molar-refractivity contribution is 7.15. The van der Waals surface area contributed by atoms with Gasteiger partial charge in [-0.05, 0) is 12.8 Å². The second-order valence-corrected chi connectivity index (χ2v) is 4.78. The molecule has 1 atom stereocenters. The van der Waals surface area contributed by atoms with Gasteiger partial charge in [-0.3, -0.25) is 4.79 Å². The van der Waals surface area contributed by atoms with Gasteiger partial charge in [0.15, 0.2) is 10.8 Å². The van der Waals surface area contributed by atoms with Crippen molar-refractivity contribution in [2.45, 2.75) is 18.8 Å². The number of nitrogens with one attached hydrogen (secondary N) is 1. The molecule has 1 unspecified atom stereocenters. The number of thiazole rings is 1.